The third kappa shape index (κ3) is 3.00. The van der Waals surface area contributed by atoms with Crippen molar-refractivity contribution in [3.8, 4) is 0 Å². The van der Waals surface area contributed by atoms with Crippen molar-refractivity contribution in [2.75, 3.05) is 13.6 Å². The van der Waals surface area contributed by atoms with Crippen LogP contribution in [0.2, 0.25) is 5.02 Å². The van der Waals surface area contributed by atoms with E-state index in [1.165, 1.54) is 4.90 Å². The molecule has 1 atom stereocenters. The number of carbonyl (C=O) groups excluding carboxylic acids is 1. The van der Waals surface area contributed by atoms with Crippen LogP contribution in [0.25, 0.3) is 0 Å². The van der Waals surface area contributed by atoms with Gasteiger partial charge in [-0.3, -0.25) is 9.78 Å². The zero-order valence-corrected chi connectivity index (χ0v) is 11.3. The van der Waals surface area contributed by atoms with E-state index in [1.807, 2.05) is 6.92 Å². The van der Waals surface area contributed by atoms with Gasteiger partial charge < -0.3 is 10.0 Å². The summed E-state index contributed by atoms with van der Waals surface area (Å²) >= 11 is 5.97. The maximum atomic E-state index is 12.1. The van der Waals surface area contributed by atoms with E-state index in [-0.39, 0.29) is 5.91 Å². The SMILES string of the molecule is Cc1cnc(C(=O)N(C)CC(O)C2CC2)cc1Cl. The quantitative estimate of drug-likeness (QED) is 0.907. The normalized spacial score (nSPS) is 16.4. The molecule has 1 unspecified atom stereocenters. The Bertz CT molecular complexity index is 460. The standard InChI is InChI=1S/C13H17ClN2O2/c1-8-6-15-11(5-10(8)14)13(18)16(2)7-12(17)9-3-4-9/h5-6,9,12,17H,3-4,7H2,1-2H3. The number of carbonyl (C=O) groups is 1. The van der Waals surface area contributed by atoms with Gasteiger partial charge in [0, 0.05) is 24.8 Å². The van der Waals surface area contributed by atoms with Crippen LogP contribution < -0.4 is 0 Å². The summed E-state index contributed by atoms with van der Waals surface area (Å²) in [6, 6.07) is 1.57. The van der Waals surface area contributed by atoms with Crippen molar-refractivity contribution in [1.82, 2.24) is 9.88 Å². The number of pyridine rings is 1. The van der Waals surface area contributed by atoms with Gasteiger partial charge in [-0.1, -0.05) is 11.6 Å². The van der Waals surface area contributed by atoms with Gasteiger partial charge in [-0.05, 0) is 37.3 Å². The molecule has 2 rings (SSSR count). The highest BCUT2D eigenvalue weighted by molar-refractivity contribution is 6.31. The predicted molar refractivity (Wildman–Crippen MR) is 69.7 cm³/mol. The number of likely N-dealkylation sites (N-methyl/N-ethyl adjacent to an activating group) is 1. The average Bonchev–Trinajstić information content (AvgIpc) is 3.15. The van der Waals surface area contributed by atoms with E-state index < -0.39 is 6.10 Å². The van der Waals surface area contributed by atoms with Crippen molar-refractivity contribution in [3.63, 3.8) is 0 Å². The van der Waals surface area contributed by atoms with Crippen LogP contribution in [0, 0.1) is 12.8 Å². The maximum absolute atomic E-state index is 12.1. The molecule has 0 aromatic carbocycles. The van der Waals surface area contributed by atoms with E-state index in [0.717, 1.165) is 18.4 Å². The minimum absolute atomic E-state index is 0.211. The molecule has 1 saturated carbocycles. The number of rotatable bonds is 4. The molecule has 5 heteroatoms. The Hall–Kier alpha value is -1.13. The zero-order valence-electron chi connectivity index (χ0n) is 10.6. The topological polar surface area (TPSA) is 53.4 Å². The number of halogens is 1. The van der Waals surface area contributed by atoms with Crippen molar-refractivity contribution in [2.24, 2.45) is 5.92 Å². The second-order valence-corrected chi connectivity index (χ2v) is 5.32. The molecule has 0 saturated heterocycles. The lowest BCUT2D eigenvalue weighted by Crippen LogP contribution is -2.35. The van der Waals surface area contributed by atoms with E-state index in [1.54, 1.807) is 19.3 Å². The first-order valence-corrected chi connectivity index (χ1v) is 6.42. The molecule has 1 N–H and O–H groups in total. The van der Waals surface area contributed by atoms with Crippen molar-refractivity contribution in [2.45, 2.75) is 25.9 Å². The molecule has 0 aliphatic heterocycles. The fourth-order valence-electron chi connectivity index (χ4n) is 1.81. The number of nitrogens with zero attached hydrogens (tertiary/aromatic N) is 2. The third-order valence-corrected chi connectivity index (χ3v) is 3.64. The molecule has 0 radical (unpaired) electrons. The first-order valence-electron chi connectivity index (χ1n) is 6.04. The first-order chi connectivity index (χ1) is 8.49. The lowest BCUT2D eigenvalue weighted by Gasteiger charge is -2.20. The number of aryl methyl sites for hydroxylation is 1. The van der Waals surface area contributed by atoms with Gasteiger partial charge in [-0.2, -0.15) is 0 Å². The molecule has 1 aliphatic rings. The van der Waals surface area contributed by atoms with Crippen LogP contribution in [0.15, 0.2) is 12.3 Å². The van der Waals surface area contributed by atoms with E-state index >= 15 is 0 Å². The van der Waals surface area contributed by atoms with Crippen molar-refractivity contribution < 1.29 is 9.90 Å². The molecule has 1 aliphatic carbocycles. The molecule has 1 amide bonds. The molecule has 98 valence electrons. The van der Waals surface area contributed by atoms with Gasteiger partial charge in [-0.25, -0.2) is 0 Å². The molecule has 18 heavy (non-hydrogen) atoms. The van der Waals surface area contributed by atoms with Crippen molar-refractivity contribution >= 4 is 17.5 Å². The van der Waals surface area contributed by atoms with Crippen LogP contribution in [0.3, 0.4) is 0 Å². The second-order valence-electron chi connectivity index (χ2n) is 4.91. The molecule has 1 aromatic heterocycles. The number of aliphatic hydroxyl groups excluding tert-OH is 1. The van der Waals surface area contributed by atoms with Gasteiger partial charge in [0.15, 0.2) is 0 Å². The fourth-order valence-corrected chi connectivity index (χ4v) is 1.96. The number of hydrogen-bond donors (Lipinski definition) is 1. The highest BCUT2D eigenvalue weighted by atomic mass is 35.5. The van der Waals surface area contributed by atoms with E-state index in [9.17, 15) is 9.90 Å². The van der Waals surface area contributed by atoms with Crippen LogP contribution in [0.1, 0.15) is 28.9 Å². The summed E-state index contributed by atoms with van der Waals surface area (Å²) in [4.78, 5) is 17.6. The Morgan fingerprint density at radius 1 is 1.67 bits per heavy atom. The Balaban J connectivity index is 2.02. The first kappa shape index (κ1) is 13.3. The lowest BCUT2D eigenvalue weighted by molar-refractivity contribution is 0.0640. The molecule has 0 spiro atoms. The lowest BCUT2D eigenvalue weighted by atomic mass is 10.2. The van der Waals surface area contributed by atoms with Crippen molar-refractivity contribution in [1.29, 1.82) is 0 Å². The minimum Gasteiger partial charge on any atom is -0.391 e. The van der Waals surface area contributed by atoms with Gasteiger partial charge in [0.05, 0.1) is 6.10 Å². The molecule has 0 bridgehead atoms. The Morgan fingerprint density at radius 2 is 2.33 bits per heavy atom. The summed E-state index contributed by atoms with van der Waals surface area (Å²) in [7, 11) is 1.67. The van der Waals surface area contributed by atoms with Gasteiger partial charge in [-0.15, -0.1) is 0 Å². The molecule has 4 nitrogen and oxygen atoms in total. The van der Waals surface area contributed by atoms with Gasteiger partial charge in [0.2, 0.25) is 0 Å². The molecular formula is C13H17ClN2O2. The summed E-state index contributed by atoms with van der Waals surface area (Å²) in [5, 5.41) is 10.3. The van der Waals surface area contributed by atoms with E-state index in [0.29, 0.717) is 23.2 Å². The number of hydrogen-bond acceptors (Lipinski definition) is 3. The van der Waals surface area contributed by atoms with Gasteiger partial charge in [0.25, 0.3) is 5.91 Å². The largest absolute Gasteiger partial charge is 0.391 e. The fraction of sp³-hybridized carbons (Fsp3) is 0.538. The van der Waals surface area contributed by atoms with Crippen LogP contribution in [0.4, 0.5) is 0 Å². The maximum Gasteiger partial charge on any atom is 0.272 e. The zero-order chi connectivity index (χ0) is 13.3. The molecule has 1 aromatic rings. The molecule has 1 fully saturated rings. The predicted octanol–water partition coefficient (Wildman–Crippen LogP) is 1.89. The van der Waals surface area contributed by atoms with Crippen LogP contribution in [-0.4, -0.2) is 40.6 Å². The van der Waals surface area contributed by atoms with Crippen LogP contribution in [-0.2, 0) is 0 Å². The summed E-state index contributed by atoms with van der Waals surface area (Å²) in [6.45, 7) is 2.18. The Kier molecular flexibility index (Phi) is 3.88. The third-order valence-electron chi connectivity index (χ3n) is 3.23. The minimum atomic E-state index is -0.431. The summed E-state index contributed by atoms with van der Waals surface area (Å²) < 4.78 is 0. The summed E-state index contributed by atoms with van der Waals surface area (Å²) in [6.07, 6.45) is 3.26. The molecular weight excluding hydrogens is 252 g/mol. The number of aliphatic hydroxyl groups is 1. The highest BCUT2D eigenvalue weighted by Gasteiger charge is 2.31. The van der Waals surface area contributed by atoms with E-state index in [2.05, 4.69) is 4.98 Å². The Labute approximate surface area is 112 Å². The average molecular weight is 269 g/mol. The van der Waals surface area contributed by atoms with Crippen LogP contribution in [0.5, 0.6) is 0 Å². The highest BCUT2D eigenvalue weighted by Crippen LogP contribution is 2.32. The van der Waals surface area contributed by atoms with Crippen LogP contribution >= 0.6 is 11.6 Å². The number of amides is 1. The Morgan fingerprint density at radius 3 is 2.89 bits per heavy atom. The molecule has 1 heterocycles. The smallest absolute Gasteiger partial charge is 0.272 e. The van der Waals surface area contributed by atoms with E-state index in [4.69, 9.17) is 11.6 Å². The number of aromatic nitrogens is 1. The monoisotopic (exact) mass is 268 g/mol. The summed E-state index contributed by atoms with van der Waals surface area (Å²) in [5.41, 5.74) is 1.16. The van der Waals surface area contributed by atoms with Gasteiger partial charge >= 0.3 is 0 Å². The van der Waals surface area contributed by atoms with Gasteiger partial charge in [0.1, 0.15) is 5.69 Å². The van der Waals surface area contributed by atoms with Crippen molar-refractivity contribution in [3.05, 3.63) is 28.5 Å². The summed E-state index contributed by atoms with van der Waals surface area (Å²) in [5.74, 6) is 0.145. The second kappa shape index (κ2) is 5.24.